The number of rotatable bonds is 5. The largest absolute Gasteiger partial charge is 0.465 e. The van der Waals surface area contributed by atoms with Gasteiger partial charge in [-0.25, -0.2) is 18.4 Å². The highest BCUT2D eigenvalue weighted by Crippen LogP contribution is 2.34. The molecule has 0 N–H and O–H groups in total. The first-order chi connectivity index (χ1) is 11.0. The fourth-order valence-electron chi connectivity index (χ4n) is 1.71. The van der Waals surface area contributed by atoms with Gasteiger partial charge in [0.05, 0.1) is 14.2 Å². The van der Waals surface area contributed by atoms with Crippen molar-refractivity contribution in [3.63, 3.8) is 0 Å². The summed E-state index contributed by atoms with van der Waals surface area (Å²) in [6.07, 6.45) is 0. The van der Waals surface area contributed by atoms with Gasteiger partial charge in [0.2, 0.25) is 0 Å². The molecule has 0 aliphatic heterocycles. The summed E-state index contributed by atoms with van der Waals surface area (Å²) in [5, 5.41) is 0. The van der Waals surface area contributed by atoms with Crippen molar-refractivity contribution in [3.05, 3.63) is 51.2 Å². The highest BCUT2D eigenvalue weighted by Gasteiger charge is 2.21. The number of carbonyl (C=O) groups excluding carboxylic acids is 2. The van der Waals surface area contributed by atoms with Crippen molar-refractivity contribution in [2.75, 3.05) is 14.2 Å². The standard InChI is InChI=1S/C15H12F2O4S2/c1-20-14(18)12-6-11(13(23-12)15(19)21-2)22-7-8-3-4-9(16)10(17)5-8/h3-6H,7H2,1-2H3. The smallest absolute Gasteiger partial charge is 0.349 e. The first-order valence-electron chi connectivity index (χ1n) is 6.33. The maximum atomic E-state index is 13.2. The number of esters is 2. The third-order valence-electron chi connectivity index (χ3n) is 2.83. The quantitative estimate of drug-likeness (QED) is 0.599. The molecule has 4 nitrogen and oxygen atoms in total. The zero-order valence-electron chi connectivity index (χ0n) is 12.2. The van der Waals surface area contributed by atoms with Gasteiger partial charge in [0.1, 0.15) is 9.75 Å². The molecule has 2 rings (SSSR count). The van der Waals surface area contributed by atoms with Crippen LogP contribution in [0.15, 0.2) is 29.2 Å². The number of hydrogen-bond acceptors (Lipinski definition) is 6. The number of ether oxygens (including phenoxy) is 2. The van der Waals surface area contributed by atoms with E-state index in [1.54, 1.807) is 0 Å². The van der Waals surface area contributed by atoms with E-state index < -0.39 is 23.6 Å². The highest BCUT2D eigenvalue weighted by atomic mass is 32.2. The molecule has 23 heavy (non-hydrogen) atoms. The average Bonchev–Trinajstić information content (AvgIpc) is 2.98. The van der Waals surface area contributed by atoms with Crippen molar-refractivity contribution in [1.29, 1.82) is 0 Å². The van der Waals surface area contributed by atoms with Crippen LogP contribution in [0.4, 0.5) is 8.78 Å². The Hall–Kier alpha value is -1.93. The molecule has 0 amide bonds. The van der Waals surface area contributed by atoms with Crippen LogP contribution in [0.2, 0.25) is 0 Å². The molecular weight excluding hydrogens is 346 g/mol. The van der Waals surface area contributed by atoms with Gasteiger partial charge in [-0.2, -0.15) is 0 Å². The van der Waals surface area contributed by atoms with Gasteiger partial charge in [-0.3, -0.25) is 0 Å². The molecule has 1 aromatic heterocycles. The van der Waals surface area contributed by atoms with E-state index in [0.29, 0.717) is 16.2 Å². The Labute approximate surface area is 139 Å². The molecule has 122 valence electrons. The zero-order chi connectivity index (χ0) is 17.0. The molecule has 1 aromatic carbocycles. The van der Waals surface area contributed by atoms with Gasteiger partial charge in [-0.1, -0.05) is 6.07 Å². The second-order valence-electron chi connectivity index (χ2n) is 4.32. The fourth-order valence-corrected chi connectivity index (χ4v) is 3.89. The molecule has 1 heterocycles. The van der Waals surface area contributed by atoms with E-state index in [1.165, 1.54) is 38.1 Å². The second kappa shape index (κ2) is 7.56. The summed E-state index contributed by atoms with van der Waals surface area (Å²) in [5.74, 6) is -2.68. The lowest BCUT2D eigenvalue weighted by atomic mass is 10.2. The van der Waals surface area contributed by atoms with E-state index in [1.807, 2.05) is 0 Å². The van der Waals surface area contributed by atoms with Gasteiger partial charge in [-0.05, 0) is 23.8 Å². The van der Waals surface area contributed by atoms with Crippen molar-refractivity contribution >= 4 is 35.0 Å². The Bertz CT molecular complexity index is 743. The lowest BCUT2D eigenvalue weighted by molar-refractivity contribution is 0.0596. The molecule has 0 unspecified atom stereocenters. The molecule has 0 saturated carbocycles. The summed E-state index contributed by atoms with van der Waals surface area (Å²) in [6.45, 7) is 0. The zero-order valence-corrected chi connectivity index (χ0v) is 13.9. The normalized spacial score (nSPS) is 10.4. The van der Waals surface area contributed by atoms with Gasteiger partial charge in [0.25, 0.3) is 0 Å². The summed E-state index contributed by atoms with van der Waals surface area (Å²) in [6, 6.07) is 5.11. The maximum absolute atomic E-state index is 13.2. The third-order valence-corrected chi connectivity index (χ3v) is 5.17. The topological polar surface area (TPSA) is 52.6 Å². The van der Waals surface area contributed by atoms with E-state index in [-0.39, 0.29) is 9.75 Å². The van der Waals surface area contributed by atoms with Crippen LogP contribution < -0.4 is 0 Å². The number of benzene rings is 1. The predicted octanol–water partition coefficient (Wildman–Crippen LogP) is 3.89. The van der Waals surface area contributed by atoms with Crippen LogP contribution in [0.3, 0.4) is 0 Å². The summed E-state index contributed by atoms with van der Waals surface area (Å²) in [5.41, 5.74) is 0.551. The Morgan fingerprint density at radius 3 is 2.39 bits per heavy atom. The molecule has 0 bridgehead atoms. The molecule has 2 aromatic rings. The molecule has 0 saturated heterocycles. The van der Waals surface area contributed by atoms with Crippen molar-refractivity contribution in [3.8, 4) is 0 Å². The summed E-state index contributed by atoms with van der Waals surface area (Å²) in [4.78, 5) is 24.4. The first kappa shape index (κ1) is 17.4. The van der Waals surface area contributed by atoms with Gasteiger partial charge in [0, 0.05) is 10.6 Å². The molecule has 0 spiro atoms. The van der Waals surface area contributed by atoms with E-state index in [4.69, 9.17) is 0 Å². The minimum Gasteiger partial charge on any atom is -0.465 e. The summed E-state index contributed by atoms with van der Waals surface area (Å²) in [7, 11) is 2.48. The number of hydrogen-bond donors (Lipinski definition) is 0. The lowest BCUT2D eigenvalue weighted by Gasteiger charge is -2.03. The van der Waals surface area contributed by atoms with E-state index in [0.717, 1.165) is 23.5 Å². The van der Waals surface area contributed by atoms with Crippen LogP contribution >= 0.6 is 23.1 Å². The summed E-state index contributed by atoms with van der Waals surface area (Å²) < 4.78 is 35.4. The third kappa shape index (κ3) is 4.08. The highest BCUT2D eigenvalue weighted by molar-refractivity contribution is 7.98. The summed E-state index contributed by atoms with van der Waals surface area (Å²) >= 11 is 2.18. The Morgan fingerprint density at radius 2 is 1.78 bits per heavy atom. The van der Waals surface area contributed by atoms with Gasteiger partial charge in [0.15, 0.2) is 11.6 Å². The molecule has 8 heteroatoms. The van der Waals surface area contributed by atoms with Gasteiger partial charge >= 0.3 is 11.9 Å². The van der Waals surface area contributed by atoms with Crippen molar-refractivity contribution < 1.29 is 27.8 Å². The predicted molar refractivity (Wildman–Crippen MR) is 82.9 cm³/mol. The van der Waals surface area contributed by atoms with Crippen LogP contribution in [0.1, 0.15) is 24.9 Å². The maximum Gasteiger partial charge on any atom is 0.349 e. The monoisotopic (exact) mass is 358 g/mol. The molecule has 0 aliphatic rings. The van der Waals surface area contributed by atoms with E-state index in [2.05, 4.69) is 9.47 Å². The minimum absolute atomic E-state index is 0.264. The Morgan fingerprint density at radius 1 is 1.09 bits per heavy atom. The Kier molecular flexibility index (Phi) is 5.73. The van der Waals surface area contributed by atoms with E-state index in [9.17, 15) is 18.4 Å². The van der Waals surface area contributed by atoms with Crippen LogP contribution in [-0.4, -0.2) is 26.2 Å². The minimum atomic E-state index is -0.933. The van der Waals surface area contributed by atoms with Crippen molar-refractivity contribution in [2.24, 2.45) is 0 Å². The second-order valence-corrected chi connectivity index (χ2v) is 6.39. The average molecular weight is 358 g/mol. The Balaban J connectivity index is 2.23. The number of carbonyl (C=O) groups is 2. The van der Waals surface area contributed by atoms with Crippen LogP contribution in [0, 0.1) is 11.6 Å². The molecule has 0 atom stereocenters. The van der Waals surface area contributed by atoms with Gasteiger partial charge in [-0.15, -0.1) is 23.1 Å². The molecule has 0 radical (unpaired) electrons. The molecule has 0 aliphatic carbocycles. The fraction of sp³-hybridized carbons (Fsp3) is 0.200. The number of methoxy groups -OCH3 is 2. The number of halogens is 2. The van der Waals surface area contributed by atoms with Crippen LogP contribution in [-0.2, 0) is 15.2 Å². The molecule has 0 fully saturated rings. The van der Waals surface area contributed by atoms with Crippen molar-refractivity contribution in [2.45, 2.75) is 10.6 Å². The lowest BCUT2D eigenvalue weighted by Crippen LogP contribution is -1.99. The SMILES string of the molecule is COC(=O)c1cc(SCc2ccc(F)c(F)c2)c(C(=O)OC)s1. The van der Waals surface area contributed by atoms with E-state index >= 15 is 0 Å². The first-order valence-corrected chi connectivity index (χ1v) is 8.13. The molecular formula is C15H12F2O4S2. The number of thiophene rings is 1. The number of thioether (sulfide) groups is 1. The van der Waals surface area contributed by atoms with Crippen molar-refractivity contribution in [1.82, 2.24) is 0 Å². The van der Waals surface area contributed by atoms with Crippen LogP contribution in [0.25, 0.3) is 0 Å². The van der Waals surface area contributed by atoms with Gasteiger partial charge < -0.3 is 9.47 Å². The van der Waals surface area contributed by atoms with Crippen LogP contribution in [0.5, 0.6) is 0 Å².